The lowest BCUT2D eigenvalue weighted by molar-refractivity contribution is 0.155. The summed E-state index contributed by atoms with van der Waals surface area (Å²) in [7, 11) is 1.82. The molecule has 0 bridgehead atoms. The molecule has 126 valence electrons. The molecule has 1 aromatic rings. The Hall–Kier alpha value is -1.71. The van der Waals surface area contributed by atoms with Crippen molar-refractivity contribution in [3.8, 4) is 5.75 Å². The first-order valence-electron chi connectivity index (χ1n) is 9.03. The maximum absolute atomic E-state index is 6.07. The lowest BCUT2D eigenvalue weighted by atomic mass is 9.98. The van der Waals surface area contributed by atoms with Crippen molar-refractivity contribution in [3.05, 3.63) is 29.8 Å². The largest absolute Gasteiger partial charge is 0.490 e. The van der Waals surface area contributed by atoms with Crippen LogP contribution in [0.5, 0.6) is 5.75 Å². The van der Waals surface area contributed by atoms with Gasteiger partial charge in [-0.15, -0.1) is 0 Å². The van der Waals surface area contributed by atoms with Crippen LogP contribution in [0.25, 0.3) is 0 Å². The van der Waals surface area contributed by atoms with Crippen molar-refractivity contribution in [1.82, 2.24) is 10.6 Å². The second-order valence-electron chi connectivity index (χ2n) is 6.77. The zero-order valence-corrected chi connectivity index (χ0v) is 14.2. The molecule has 2 aliphatic carbocycles. The van der Waals surface area contributed by atoms with Gasteiger partial charge in [-0.1, -0.05) is 18.6 Å². The van der Waals surface area contributed by atoms with Gasteiger partial charge in [-0.05, 0) is 62.1 Å². The fourth-order valence-electron chi connectivity index (χ4n) is 3.03. The summed E-state index contributed by atoms with van der Waals surface area (Å²) in [5.41, 5.74) is 1.25. The van der Waals surface area contributed by atoms with Crippen LogP contribution in [-0.2, 0) is 6.54 Å². The molecule has 0 saturated heterocycles. The number of benzene rings is 1. The van der Waals surface area contributed by atoms with Crippen LogP contribution < -0.4 is 15.4 Å². The normalized spacial score (nSPS) is 19.4. The smallest absolute Gasteiger partial charge is 0.191 e. The Labute approximate surface area is 139 Å². The summed E-state index contributed by atoms with van der Waals surface area (Å²) < 4.78 is 6.07. The van der Waals surface area contributed by atoms with Gasteiger partial charge in [0.05, 0.1) is 6.10 Å². The molecule has 23 heavy (non-hydrogen) atoms. The number of nitrogens with zero attached hydrogens (tertiary/aromatic N) is 1. The number of hydrogen-bond donors (Lipinski definition) is 2. The maximum Gasteiger partial charge on any atom is 0.191 e. The van der Waals surface area contributed by atoms with Gasteiger partial charge in [0.1, 0.15) is 5.75 Å². The lowest BCUT2D eigenvalue weighted by Gasteiger charge is -2.23. The molecule has 0 heterocycles. The van der Waals surface area contributed by atoms with Gasteiger partial charge >= 0.3 is 0 Å². The zero-order chi connectivity index (χ0) is 15.9. The SMILES string of the molecule is CN=C(NCc1ccc(OC2CCCCC2)cc1)NCC1CC1. The number of nitrogens with one attached hydrogen (secondary N) is 2. The van der Waals surface area contributed by atoms with Crippen molar-refractivity contribution in [2.45, 2.75) is 57.6 Å². The molecule has 2 aliphatic rings. The van der Waals surface area contributed by atoms with Gasteiger partial charge < -0.3 is 15.4 Å². The quantitative estimate of drug-likeness (QED) is 0.624. The molecule has 4 heteroatoms. The van der Waals surface area contributed by atoms with E-state index >= 15 is 0 Å². The third-order valence-corrected chi connectivity index (χ3v) is 4.72. The predicted octanol–water partition coefficient (Wildman–Crippen LogP) is 3.47. The summed E-state index contributed by atoms with van der Waals surface area (Å²) in [6, 6.07) is 8.46. The predicted molar refractivity (Wildman–Crippen MR) is 94.9 cm³/mol. The van der Waals surface area contributed by atoms with Gasteiger partial charge in [-0.2, -0.15) is 0 Å². The number of aliphatic imine (C=N–C) groups is 1. The van der Waals surface area contributed by atoms with Gasteiger partial charge in [-0.25, -0.2) is 0 Å². The number of ether oxygens (including phenoxy) is 1. The van der Waals surface area contributed by atoms with Crippen molar-refractivity contribution >= 4 is 5.96 Å². The van der Waals surface area contributed by atoms with Gasteiger partial charge in [0.2, 0.25) is 0 Å². The van der Waals surface area contributed by atoms with Crippen molar-refractivity contribution in [1.29, 1.82) is 0 Å². The van der Waals surface area contributed by atoms with E-state index in [1.807, 2.05) is 7.05 Å². The Morgan fingerprint density at radius 2 is 1.78 bits per heavy atom. The molecular formula is C19H29N3O. The molecule has 0 aromatic heterocycles. The summed E-state index contributed by atoms with van der Waals surface area (Å²) in [6.45, 7) is 1.82. The molecule has 4 nitrogen and oxygen atoms in total. The molecule has 3 rings (SSSR count). The molecular weight excluding hydrogens is 286 g/mol. The Kier molecular flexibility index (Phi) is 5.78. The number of hydrogen-bond acceptors (Lipinski definition) is 2. The number of rotatable bonds is 6. The average Bonchev–Trinajstić information content (AvgIpc) is 3.42. The first-order valence-corrected chi connectivity index (χ1v) is 9.03. The minimum atomic E-state index is 0.415. The highest BCUT2D eigenvalue weighted by Gasteiger charge is 2.21. The fourth-order valence-corrected chi connectivity index (χ4v) is 3.03. The first-order chi connectivity index (χ1) is 11.3. The second kappa shape index (κ2) is 8.23. The van der Waals surface area contributed by atoms with E-state index in [0.29, 0.717) is 6.10 Å². The van der Waals surface area contributed by atoms with Crippen molar-refractivity contribution in [2.24, 2.45) is 10.9 Å². The van der Waals surface area contributed by atoms with Crippen LogP contribution in [0.3, 0.4) is 0 Å². The van der Waals surface area contributed by atoms with Gasteiger partial charge in [0, 0.05) is 20.1 Å². The second-order valence-corrected chi connectivity index (χ2v) is 6.77. The molecule has 0 spiro atoms. The minimum absolute atomic E-state index is 0.415. The van der Waals surface area contributed by atoms with Crippen LogP contribution in [-0.4, -0.2) is 25.7 Å². The van der Waals surface area contributed by atoms with Crippen molar-refractivity contribution < 1.29 is 4.74 Å². The molecule has 2 saturated carbocycles. The van der Waals surface area contributed by atoms with E-state index in [2.05, 4.69) is 39.9 Å². The van der Waals surface area contributed by atoms with Crippen molar-refractivity contribution in [3.63, 3.8) is 0 Å². The molecule has 1 aromatic carbocycles. The summed E-state index contributed by atoms with van der Waals surface area (Å²) in [5.74, 6) is 2.74. The first kappa shape index (κ1) is 16.2. The van der Waals surface area contributed by atoms with Crippen LogP contribution >= 0.6 is 0 Å². The Morgan fingerprint density at radius 3 is 2.43 bits per heavy atom. The summed E-state index contributed by atoms with van der Waals surface area (Å²) in [6.07, 6.45) is 9.50. The maximum atomic E-state index is 6.07. The topological polar surface area (TPSA) is 45.7 Å². The summed E-state index contributed by atoms with van der Waals surface area (Å²) in [5, 5.41) is 6.75. The van der Waals surface area contributed by atoms with E-state index in [9.17, 15) is 0 Å². The molecule has 2 N–H and O–H groups in total. The minimum Gasteiger partial charge on any atom is -0.490 e. The third kappa shape index (κ3) is 5.45. The van der Waals surface area contributed by atoms with Crippen LogP contribution in [0.1, 0.15) is 50.5 Å². The summed E-state index contributed by atoms with van der Waals surface area (Å²) >= 11 is 0. The van der Waals surface area contributed by atoms with Gasteiger partial charge in [-0.3, -0.25) is 4.99 Å². The third-order valence-electron chi connectivity index (χ3n) is 4.72. The van der Waals surface area contributed by atoms with Crippen LogP contribution in [0.15, 0.2) is 29.3 Å². The molecule has 2 fully saturated rings. The average molecular weight is 315 g/mol. The van der Waals surface area contributed by atoms with E-state index < -0.39 is 0 Å². The molecule has 0 radical (unpaired) electrons. The monoisotopic (exact) mass is 315 g/mol. The Morgan fingerprint density at radius 1 is 1.04 bits per heavy atom. The Bertz CT molecular complexity index is 502. The van der Waals surface area contributed by atoms with E-state index in [1.54, 1.807) is 0 Å². The van der Waals surface area contributed by atoms with E-state index in [4.69, 9.17) is 4.74 Å². The highest BCUT2D eigenvalue weighted by molar-refractivity contribution is 5.79. The molecule has 0 atom stereocenters. The van der Waals surface area contributed by atoms with Gasteiger partial charge in [0.25, 0.3) is 0 Å². The number of guanidine groups is 1. The Balaban J connectivity index is 1.42. The van der Waals surface area contributed by atoms with E-state index in [0.717, 1.165) is 30.7 Å². The summed E-state index contributed by atoms with van der Waals surface area (Å²) in [4.78, 5) is 4.27. The zero-order valence-electron chi connectivity index (χ0n) is 14.2. The van der Waals surface area contributed by atoms with E-state index in [1.165, 1.54) is 50.5 Å². The molecule has 0 amide bonds. The lowest BCUT2D eigenvalue weighted by Crippen LogP contribution is -2.37. The standard InChI is InChI=1S/C19H29N3O/c1-20-19(21-13-15-7-8-15)22-14-16-9-11-18(12-10-16)23-17-5-3-2-4-6-17/h9-12,15,17H,2-8,13-14H2,1H3,(H2,20,21,22). The molecule has 0 unspecified atom stereocenters. The molecule has 0 aliphatic heterocycles. The fraction of sp³-hybridized carbons (Fsp3) is 0.632. The highest BCUT2D eigenvalue weighted by atomic mass is 16.5. The van der Waals surface area contributed by atoms with Crippen LogP contribution in [0.2, 0.25) is 0 Å². The van der Waals surface area contributed by atoms with Crippen LogP contribution in [0.4, 0.5) is 0 Å². The van der Waals surface area contributed by atoms with E-state index in [-0.39, 0.29) is 0 Å². The highest BCUT2D eigenvalue weighted by Crippen LogP contribution is 2.27. The van der Waals surface area contributed by atoms with Gasteiger partial charge in [0.15, 0.2) is 5.96 Å². The van der Waals surface area contributed by atoms with Crippen molar-refractivity contribution in [2.75, 3.05) is 13.6 Å². The van der Waals surface area contributed by atoms with Crippen LogP contribution in [0, 0.1) is 5.92 Å².